The number of hydrogen-bond acceptors (Lipinski definition) is 6. The Labute approximate surface area is 106 Å². The Balaban J connectivity index is 2.93. The first-order chi connectivity index (χ1) is 8.60. The van der Waals surface area contributed by atoms with E-state index in [1.807, 2.05) is 13.8 Å². The molecule has 0 radical (unpaired) electrons. The van der Waals surface area contributed by atoms with Crippen LogP contribution < -0.4 is 5.32 Å². The predicted octanol–water partition coefficient (Wildman–Crippen LogP) is 1.23. The molecule has 2 N–H and O–H groups in total. The molecule has 0 aliphatic heterocycles. The molecule has 0 saturated carbocycles. The zero-order valence-electron chi connectivity index (χ0n) is 10.9. The van der Waals surface area contributed by atoms with E-state index in [0.717, 1.165) is 12.8 Å². The molecule has 6 nitrogen and oxygen atoms in total. The Morgan fingerprint density at radius 2 is 2.11 bits per heavy atom. The molecule has 0 unspecified atom stereocenters. The Morgan fingerprint density at radius 3 is 2.61 bits per heavy atom. The number of ether oxygens (including phenoxy) is 1. The maximum atomic E-state index is 11.3. The zero-order chi connectivity index (χ0) is 13.6. The van der Waals surface area contributed by atoms with Gasteiger partial charge in [0.25, 0.3) is 0 Å². The average molecular weight is 253 g/mol. The van der Waals surface area contributed by atoms with E-state index in [1.54, 1.807) is 0 Å². The topological polar surface area (TPSA) is 84.3 Å². The number of aromatic nitrogens is 2. The lowest BCUT2D eigenvalue weighted by atomic mass is 9.94. The van der Waals surface area contributed by atoms with Crippen molar-refractivity contribution in [3.8, 4) is 0 Å². The minimum Gasteiger partial charge on any atom is -0.464 e. The van der Waals surface area contributed by atoms with Gasteiger partial charge in [-0.05, 0) is 12.8 Å². The van der Waals surface area contributed by atoms with Crippen molar-refractivity contribution in [2.24, 2.45) is 0 Å². The summed E-state index contributed by atoms with van der Waals surface area (Å²) in [5, 5.41) is 12.6. The van der Waals surface area contributed by atoms with Crippen molar-refractivity contribution in [2.45, 2.75) is 32.2 Å². The Morgan fingerprint density at radius 1 is 1.44 bits per heavy atom. The number of aliphatic hydroxyl groups excluding tert-OH is 1. The standard InChI is InChI=1S/C12H19N3O3/c1-4-12(5-2,8-16)15-10-7-13-6-9(14-10)11(17)18-3/h6-7,16H,4-5,8H2,1-3H3,(H,14,15). The number of carbonyl (C=O) groups is 1. The van der Waals surface area contributed by atoms with Crippen LogP contribution in [0.2, 0.25) is 0 Å². The molecule has 1 aromatic rings. The third-order valence-electron chi connectivity index (χ3n) is 3.08. The lowest BCUT2D eigenvalue weighted by molar-refractivity contribution is 0.0593. The minimum absolute atomic E-state index is 0.00979. The molecule has 1 aromatic heterocycles. The molecular formula is C12H19N3O3. The van der Waals surface area contributed by atoms with Crippen LogP contribution in [-0.2, 0) is 4.74 Å². The number of nitrogens with one attached hydrogen (secondary N) is 1. The Kier molecular flexibility index (Phi) is 5.03. The van der Waals surface area contributed by atoms with Crippen molar-refractivity contribution in [1.82, 2.24) is 9.97 Å². The van der Waals surface area contributed by atoms with Gasteiger partial charge in [-0.2, -0.15) is 0 Å². The van der Waals surface area contributed by atoms with Gasteiger partial charge in [0.15, 0.2) is 5.69 Å². The number of aliphatic hydroxyl groups is 1. The first kappa shape index (κ1) is 14.4. The van der Waals surface area contributed by atoms with Crippen LogP contribution in [0, 0.1) is 0 Å². The molecule has 18 heavy (non-hydrogen) atoms. The number of hydrogen-bond donors (Lipinski definition) is 2. The van der Waals surface area contributed by atoms with E-state index in [9.17, 15) is 9.90 Å². The fourth-order valence-corrected chi connectivity index (χ4v) is 1.59. The fraction of sp³-hybridized carbons (Fsp3) is 0.583. The summed E-state index contributed by atoms with van der Waals surface area (Å²) in [6.07, 6.45) is 4.34. The van der Waals surface area contributed by atoms with Gasteiger partial charge in [-0.15, -0.1) is 0 Å². The van der Waals surface area contributed by atoms with Gasteiger partial charge in [-0.1, -0.05) is 13.8 Å². The van der Waals surface area contributed by atoms with E-state index in [0.29, 0.717) is 5.82 Å². The predicted molar refractivity (Wildman–Crippen MR) is 67.4 cm³/mol. The third kappa shape index (κ3) is 3.16. The summed E-state index contributed by atoms with van der Waals surface area (Å²) < 4.78 is 4.58. The largest absolute Gasteiger partial charge is 0.464 e. The second-order valence-corrected chi connectivity index (χ2v) is 4.05. The van der Waals surface area contributed by atoms with Crippen LogP contribution in [0.1, 0.15) is 37.2 Å². The van der Waals surface area contributed by atoms with Gasteiger partial charge >= 0.3 is 5.97 Å². The van der Waals surface area contributed by atoms with Crippen molar-refractivity contribution in [1.29, 1.82) is 0 Å². The maximum absolute atomic E-state index is 11.3. The van der Waals surface area contributed by atoms with E-state index >= 15 is 0 Å². The van der Waals surface area contributed by atoms with Crippen molar-refractivity contribution in [3.63, 3.8) is 0 Å². The molecule has 0 aromatic carbocycles. The summed E-state index contributed by atoms with van der Waals surface area (Å²) in [6.45, 7) is 3.94. The summed E-state index contributed by atoms with van der Waals surface area (Å²) in [6, 6.07) is 0. The van der Waals surface area contributed by atoms with Crippen molar-refractivity contribution < 1.29 is 14.6 Å². The summed E-state index contributed by atoms with van der Waals surface area (Å²) in [5.41, 5.74) is -0.301. The molecule has 0 aliphatic carbocycles. The van der Waals surface area contributed by atoms with E-state index in [4.69, 9.17) is 0 Å². The number of carbonyl (C=O) groups excluding carboxylic acids is 1. The third-order valence-corrected chi connectivity index (χ3v) is 3.08. The van der Waals surface area contributed by atoms with Crippen molar-refractivity contribution >= 4 is 11.8 Å². The quantitative estimate of drug-likeness (QED) is 0.742. The fourth-order valence-electron chi connectivity index (χ4n) is 1.59. The lowest BCUT2D eigenvalue weighted by Gasteiger charge is -2.31. The summed E-state index contributed by atoms with van der Waals surface area (Å²) in [7, 11) is 1.29. The number of nitrogens with zero attached hydrogens (tertiary/aromatic N) is 2. The van der Waals surface area contributed by atoms with E-state index in [-0.39, 0.29) is 12.3 Å². The molecule has 1 rings (SSSR count). The number of esters is 1. The Bertz CT molecular complexity index is 397. The van der Waals surface area contributed by atoms with Gasteiger partial charge in [-0.3, -0.25) is 4.98 Å². The second-order valence-electron chi connectivity index (χ2n) is 4.05. The minimum atomic E-state index is -0.534. The average Bonchev–Trinajstić information content (AvgIpc) is 2.44. The second kappa shape index (κ2) is 6.30. The van der Waals surface area contributed by atoms with Gasteiger partial charge in [0.05, 0.1) is 31.6 Å². The van der Waals surface area contributed by atoms with E-state index in [1.165, 1.54) is 19.5 Å². The van der Waals surface area contributed by atoms with Crippen LogP contribution in [0.5, 0.6) is 0 Å². The number of anilines is 1. The highest BCUT2D eigenvalue weighted by Gasteiger charge is 2.25. The molecule has 0 bridgehead atoms. The van der Waals surface area contributed by atoms with Crippen molar-refractivity contribution in [3.05, 3.63) is 18.1 Å². The van der Waals surface area contributed by atoms with Crippen LogP contribution in [-0.4, -0.2) is 40.3 Å². The van der Waals surface area contributed by atoms with E-state index in [2.05, 4.69) is 20.0 Å². The lowest BCUT2D eigenvalue weighted by Crippen LogP contribution is -2.41. The van der Waals surface area contributed by atoms with Crippen LogP contribution >= 0.6 is 0 Å². The molecule has 1 heterocycles. The molecule has 0 aliphatic rings. The highest BCUT2D eigenvalue weighted by atomic mass is 16.5. The summed E-state index contributed by atoms with van der Waals surface area (Å²) in [4.78, 5) is 19.4. The zero-order valence-corrected chi connectivity index (χ0v) is 10.9. The van der Waals surface area contributed by atoms with Crippen molar-refractivity contribution in [2.75, 3.05) is 19.0 Å². The highest BCUT2D eigenvalue weighted by Crippen LogP contribution is 2.20. The molecular weight excluding hydrogens is 234 g/mol. The van der Waals surface area contributed by atoms with Crippen LogP contribution in [0.25, 0.3) is 0 Å². The van der Waals surface area contributed by atoms with Crippen LogP contribution in [0.4, 0.5) is 5.82 Å². The van der Waals surface area contributed by atoms with Gasteiger partial charge in [-0.25, -0.2) is 9.78 Å². The van der Waals surface area contributed by atoms with Gasteiger partial charge in [0, 0.05) is 0 Å². The Hall–Kier alpha value is -1.69. The SMILES string of the molecule is CCC(CC)(CO)Nc1cncc(C(=O)OC)n1. The summed E-state index contributed by atoms with van der Waals surface area (Å²) in [5.74, 6) is -0.0793. The molecule has 0 saturated heterocycles. The molecule has 6 heteroatoms. The normalized spacial score (nSPS) is 11.1. The molecule has 0 fully saturated rings. The van der Waals surface area contributed by atoms with Gasteiger partial charge in [0.2, 0.25) is 0 Å². The molecule has 0 spiro atoms. The van der Waals surface area contributed by atoms with E-state index < -0.39 is 11.5 Å². The number of methoxy groups -OCH3 is 1. The number of rotatable bonds is 6. The smallest absolute Gasteiger partial charge is 0.358 e. The summed E-state index contributed by atoms with van der Waals surface area (Å²) >= 11 is 0. The first-order valence-electron chi connectivity index (χ1n) is 5.90. The van der Waals surface area contributed by atoms with Crippen LogP contribution in [0.3, 0.4) is 0 Å². The molecule has 100 valence electrons. The monoisotopic (exact) mass is 253 g/mol. The first-order valence-corrected chi connectivity index (χ1v) is 5.90. The van der Waals surface area contributed by atoms with Gasteiger partial charge < -0.3 is 15.2 Å². The van der Waals surface area contributed by atoms with Crippen LogP contribution in [0.15, 0.2) is 12.4 Å². The molecule has 0 atom stereocenters. The van der Waals surface area contributed by atoms with Gasteiger partial charge in [0.1, 0.15) is 5.82 Å². The molecule has 0 amide bonds. The highest BCUT2D eigenvalue weighted by molar-refractivity contribution is 5.87. The maximum Gasteiger partial charge on any atom is 0.358 e.